The number of nitrogens with zero attached hydrogens (tertiary/aromatic N) is 1. The van der Waals surface area contributed by atoms with Crippen molar-refractivity contribution in [3.05, 3.63) is 29.8 Å². The largest absolute Gasteiger partial charge is 0.462 e. The number of ether oxygens (including phenoxy) is 1. The molecule has 7 nitrogen and oxygen atoms in total. The number of rotatable bonds is 10. The third-order valence-corrected chi connectivity index (χ3v) is 3.13. The van der Waals surface area contributed by atoms with E-state index in [1.165, 1.54) is 0 Å². The molecule has 0 aliphatic rings. The first-order chi connectivity index (χ1) is 11.9. The molecule has 25 heavy (non-hydrogen) atoms. The summed E-state index contributed by atoms with van der Waals surface area (Å²) in [5, 5.41) is 6.34. The number of nitrogens with one attached hydrogen (secondary N) is 1. The molecule has 0 atom stereocenters. The van der Waals surface area contributed by atoms with Gasteiger partial charge < -0.3 is 20.6 Å². The molecule has 0 fully saturated rings. The van der Waals surface area contributed by atoms with E-state index in [1.807, 2.05) is 20.8 Å². The molecule has 0 heterocycles. The number of unbranched alkanes of at least 4 members (excludes halogenated alkanes) is 1. The second-order valence-corrected chi connectivity index (χ2v) is 6.07. The number of carbonyl (C=O) groups is 2. The van der Waals surface area contributed by atoms with Gasteiger partial charge in [0.15, 0.2) is 6.61 Å². The van der Waals surface area contributed by atoms with Crippen LogP contribution >= 0.6 is 0 Å². The van der Waals surface area contributed by atoms with Crippen LogP contribution in [-0.2, 0) is 14.4 Å². The zero-order valence-electron chi connectivity index (χ0n) is 15.1. The first-order valence-electron chi connectivity index (χ1n) is 8.43. The summed E-state index contributed by atoms with van der Waals surface area (Å²) < 4.78 is 5.12. The Kier molecular flexibility index (Phi) is 9.06. The zero-order valence-corrected chi connectivity index (χ0v) is 15.1. The summed E-state index contributed by atoms with van der Waals surface area (Å²) in [7, 11) is 0. The number of esters is 1. The van der Waals surface area contributed by atoms with Crippen LogP contribution in [0.1, 0.15) is 50.4 Å². The Morgan fingerprint density at radius 1 is 1.24 bits per heavy atom. The first-order valence-corrected chi connectivity index (χ1v) is 8.43. The molecule has 1 rings (SSSR count). The average Bonchev–Trinajstić information content (AvgIpc) is 2.55. The van der Waals surface area contributed by atoms with Gasteiger partial charge >= 0.3 is 5.97 Å². The molecule has 0 saturated heterocycles. The van der Waals surface area contributed by atoms with Crippen molar-refractivity contribution in [3.63, 3.8) is 0 Å². The second-order valence-electron chi connectivity index (χ2n) is 6.07. The van der Waals surface area contributed by atoms with Crippen LogP contribution in [0.4, 0.5) is 5.69 Å². The van der Waals surface area contributed by atoms with Gasteiger partial charge in [-0.25, -0.2) is 4.79 Å². The van der Waals surface area contributed by atoms with Gasteiger partial charge in [0.05, 0.1) is 12.2 Å². The summed E-state index contributed by atoms with van der Waals surface area (Å²) in [6.45, 7) is 6.22. The lowest BCUT2D eigenvalue weighted by Gasteiger charge is -2.07. The summed E-state index contributed by atoms with van der Waals surface area (Å²) in [6, 6.07) is 6.46. The fourth-order valence-corrected chi connectivity index (χ4v) is 1.91. The maximum absolute atomic E-state index is 11.8. The van der Waals surface area contributed by atoms with E-state index in [4.69, 9.17) is 15.3 Å². The van der Waals surface area contributed by atoms with Gasteiger partial charge in [0.2, 0.25) is 0 Å². The Bertz CT molecular complexity index is 582. The normalized spacial score (nSPS) is 11.3. The molecule has 0 bridgehead atoms. The monoisotopic (exact) mass is 349 g/mol. The van der Waals surface area contributed by atoms with E-state index in [2.05, 4.69) is 10.5 Å². The van der Waals surface area contributed by atoms with Gasteiger partial charge in [0, 0.05) is 12.1 Å². The lowest BCUT2D eigenvalue weighted by atomic mass is 10.1. The van der Waals surface area contributed by atoms with Crippen molar-refractivity contribution in [2.45, 2.75) is 40.0 Å². The van der Waals surface area contributed by atoms with Gasteiger partial charge in [0.1, 0.15) is 5.84 Å². The van der Waals surface area contributed by atoms with E-state index >= 15 is 0 Å². The number of amidine groups is 1. The molecular formula is C18H27N3O4. The van der Waals surface area contributed by atoms with Gasteiger partial charge in [-0.05, 0) is 36.6 Å². The van der Waals surface area contributed by atoms with Crippen LogP contribution in [0.15, 0.2) is 29.4 Å². The number of anilines is 1. The number of carbonyl (C=O) groups excluding carboxylic acids is 2. The Morgan fingerprint density at radius 3 is 2.52 bits per heavy atom. The van der Waals surface area contributed by atoms with Crippen LogP contribution in [0.2, 0.25) is 0 Å². The van der Waals surface area contributed by atoms with Crippen molar-refractivity contribution in [2.24, 2.45) is 16.8 Å². The molecule has 138 valence electrons. The topological polar surface area (TPSA) is 103 Å². The van der Waals surface area contributed by atoms with E-state index in [1.54, 1.807) is 24.3 Å². The highest BCUT2D eigenvalue weighted by atomic mass is 16.6. The smallest absolute Gasteiger partial charge is 0.338 e. The SMILES string of the molecule is CCCCOC(=O)c1ccc(NC(=O)CO/N=C(/N)CC(C)C)cc1. The van der Waals surface area contributed by atoms with E-state index in [0.717, 1.165) is 12.8 Å². The fourth-order valence-electron chi connectivity index (χ4n) is 1.91. The molecule has 0 aromatic heterocycles. The highest BCUT2D eigenvalue weighted by Crippen LogP contribution is 2.11. The zero-order chi connectivity index (χ0) is 18.7. The molecule has 1 aromatic carbocycles. The second kappa shape index (κ2) is 11.1. The highest BCUT2D eigenvalue weighted by molar-refractivity contribution is 5.93. The Balaban J connectivity index is 2.41. The van der Waals surface area contributed by atoms with E-state index in [-0.39, 0.29) is 18.5 Å². The minimum atomic E-state index is -0.371. The summed E-state index contributed by atoms with van der Waals surface area (Å²) in [5.74, 6) is -0.00825. The standard InChI is InChI=1S/C18H27N3O4/c1-4-5-10-24-18(23)14-6-8-15(9-7-14)20-17(22)12-25-21-16(19)11-13(2)3/h6-9,13H,4-5,10-12H2,1-3H3,(H2,19,21)(H,20,22). The van der Waals surface area contributed by atoms with E-state index in [9.17, 15) is 9.59 Å². The van der Waals surface area contributed by atoms with Gasteiger partial charge in [-0.15, -0.1) is 0 Å². The van der Waals surface area contributed by atoms with Crippen LogP contribution in [-0.4, -0.2) is 30.9 Å². The van der Waals surface area contributed by atoms with Crippen molar-refractivity contribution in [1.29, 1.82) is 0 Å². The van der Waals surface area contributed by atoms with Gasteiger partial charge in [-0.2, -0.15) is 0 Å². The fraction of sp³-hybridized carbons (Fsp3) is 0.500. The van der Waals surface area contributed by atoms with Crippen LogP contribution in [0.25, 0.3) is 0 Å². The van der Waals surface area contributed by atoms with E-state index < -0.39 is 0 Å². The van der Waals surface area contributed by atoms with Crippen molar-refractivity contribution >= 4 is 23.4 Å². The Morgan fingerprint density at radius 2 is 1.92 bits per heavy atom. The summed E-state index contributed by atoms with van der Waals surface area (Å²) >= 11 is 0. The molecular weight excluding hydrogens is 322 g/mol. The van der Waals surface area contributed by atoms with Gasteiger partial charge in [-0.3, -0.25) is 4.79 Å². The third kappa shape index (κ3) is 8.74. The number of hydrogen-bond donors (Lipinski definition) is 2. The van der Waals surface area contributed by atoms with E-state index in [0.29, 0.717) is 36.0 Å². The van der Waals surface area contributed by atoms with Crippen LogP contribution in [0.5, 0.6) is 0 Å². The van der Waals surface area contributed by atoms with Crippen molar-refractivity contribution in [1.82, 2.24) is 0 Å². The predicted octanol–water partition coefficient (Wildman–Crippen LogP) is 2.92. The maximum Gasteiger partial charge on any atom is 0.338 e. The molecule has 1 amide bonds. The number of amides is 1. The molecule has 0 unspecified atom stereocenters. The molecule has 0 aliphatic carbocycles. The molecule has 0 saturated carbocycles. The quantitative estimate of drug-likeness (QED) is 0.222. The minimum absolute atomic E-state index is 0.237. The number of oxime groups is 1. The summed E-state index contributed by atoms with van der Waals surface area (Å²) in [6.07, 6.45) is 2.41. The van der Waals surface area contributed by atoms with Gasteiger partial charge in [-0.1, -0.05) is 32.3 Å². The third-order valence-electron chi connectivity index (χ3n) is 3.13. The van der Waals surface area contributed by atoms with Crippen LogP contribution in [0, 0.1) is 5.92 Å². The Labute approximate surface area is 148 Å². The van der Waals surface area contributed by atoms with Crippen molar-refractivity contribution < 1.29 is 19.2 Å². The molecule has 1 aromatic rings. The predicted molar refractivity (Wildman–Crippen MR) is 97.3 cm³/mol. The lowest BCUT2D eigenvalue weighted by Crippen LogP contribution is -2.19. The van der Waals surface area contributed by atoms with Crippen molar-refractivity contribution in [3.8, 4) is 0 Å². The van der Waals surface area contributed by atoms with Gasteiger partial charge in [0.25, 0.3) is 5.91 Å². The number of hydrogen-bond acceptors (Lipinski definition) is 5. The minimum Gasteiger partial charge on any atom is -0.462 e. The molecule has 3 N–H and O–H groups in total. The van der Waals surface area contributed by atoms with Crippen LogP contribution < -0.4 is 11.1 Å². The molecule has 0 spiro atoms. The average molecular weight is 349 g/mol. The molecule has 0 radical (unpaired) electrons. The molecule has 7 heteroatoms. The first kappa shape index (κ1) is 20.5. The summed E-state index contributed by atoms with van der Waals surface area (Å²) in [5.41, 5.74) is 6.65. The lowest BCUT2D eigenvalue weighted by molar-refractivity contribution is -0.120. The van der Waals surface area contributed by atoms with Crippen LogP contribution in [0.3, 0.4) is 0 Å². The maximum atomic E-state index is 11.8. The van der Waals surface area contributed by atoms with Crippen molar-refractivity contribution in [2.75, 3.05) is 18.5 Å². The Hall–Kier alpha value is -2.57. The number of benzene rings is 1. The highest BCUT2D eigenvalue weighted by Gasteiger charge is 2.08. The summed E-state index contributed by atoms with van der Waals surface area (Å²) in [4.78, 5) is 28.5. The number of nitrogens with two attached hydrogens (primary N) is 1. The molecule has 0 aliphatic heterocycles.